The van der Waals surface area contributed by atoms with Gasteiger partial charge in [-0.05, 0) is 48.2 Å². The maximum absolute atomic E-state index is 11.8. The molecule has 2 aromatic rings. The van der Waals surface area contributed by atoms with Crippen molar-refractivity contribution in [3.63, 3.8) is 0 Å². The molecule has 27 heavy (non-hydrogen) atoms. The second kappa shape index (κ2) is 6.98. The van der Waals surface area contributed by atoms with Crippen LogP contribution in [0.2, 0.25) is 5.28 Å². The van der Waals surface area contributed by atoms with Gasteiger partial charge in [-0.1, -0.05) is 6.07 Å². The molecular formula is C19H21ClN4O3. The molecule has 1 atom stereocenters. The number of nitrogens with zero attached hydrogens (tertiary/aromatic N) is 4. The van der Waals surface area contributed by atoms with Crippen LogP contribution in [0.25, 0.3) is 0 Å². The molecule has 0 aliphatic carbocycles. The summed E-state index contributed by atoms with van der Waals surface area (Å²) in [6.07, 6.45) is 1.72. The fraction of sp³-hybridized carbons (Fsp3) is 0.421. The molecule has 8 heteroatoms. The number of benzene rings is 1. The highest BCUT2D eigenvalue weighted by molar-refractivity contribution is 6.28. The normalized spacial score (nSPS) is 18.9. The molecule has 1 aromatic carbocycles. The molecule has 1 unspecified atom stereocenters. The van der Waals surface area contributed by atoms with E-state index in [-0.39, 0.29) is 11.3 Å². The smallest absolute Gasteiger partial charge is 0.336 e. The van der Waals surface area contributed by atoms with Crippen molar-refractivity contribution in [1.82, 2.24) is 9.97 Å². The van der Waals surface area contributed by atoms with Crippen molar-refractivity contribution in [3.05, 3.63) is 45.9 Å². The van der Waals surface area contributed by atoms with Crippen molar-refractivity contribution in [2.45, 2.75) is 26.4 Å². The van der Waals surface area contributed by atoms with Gasteiger partial charge in [0, 0.05) is 19.6 Å². The summed E-state index contributed by atoms with van der Waals surface area (Å²) >= 11 is 6.05. The van der Waals surface area contributed by atoms with Crippen LogP contribution in [0.1, 0.15) is 27.0 Å². The number of aromatic nitrogens is 2. The summed E-state index contributed by atoms with van der Waals surface area (Å²) < 4.78 is 5.65. The molecule has 142 valence electrons. The summed E-state index contributed by atoms with van der Waals surface area (Å²) in [7, 11) is 0. The Hall–Kier alpha value is -2.38. The van der Waals surface area contributed by atoms with Crippen molar-refractivity contribution in [3.8, 4) is 0 Å². The lowest BCUT2D eigenvalue weighted by Gasteiger charge is -2.45. The Bertz CT molecular complexity index is 905. The summed E-state index contributed by atoms with van der Waals surface area (Å²) in [6, 6.07) is 3.68. The van der Waals surface area contributed by atoms with Crippen molar-refractivity contribution in [2.75, 3.05) is 36.1 Å². The first kappa shape index (κ1) is 18.0. The van der Waals surface area contributed by atoms with Gasteiger partial charge >= 0.3 is 5.97 Å². The van der Waals surface area contributed by atoms with E-state index in [4.69, 9.17) is 16.3 Å². The number of carboxylic acid groups (broad SMARTS) is 1. The lowest BCUT2D eigenvalue weighted by molar-refractivity contribution is 0.0695. The summed E-state index contributed by atoms with van der Waals surface area (Å²) in [5, 5.41) is 9.85. The van der Waals surface area contributed by atoms with Crippen molar-refractivity contribution >= 4 is 29.1 Å². The van der Waals surface area contributed by atoms with E-state index in [1.807, 2.05) is 19.9 Å². The molecule has 0 bridgehead atoms. The summed E-state index contributed by atoms with van der Waals surface area (Å²) in [5.74, 6) is -0.128. The van der Waals surface area contributed by atoms with Gasteiger partial charge in [0.15, 0.2) is 5.82 Å². The second-order valence-corrected chi connectivity index (χ2v) is 7.33. The predicted octanol–water partition coefficient (Wildman–Crippen LogP) is 2.67. The monoisotopic (exact) mass is 388 g/mol. The number of fused-ring (bicyclic) bond motifs is 3. The molecule has 0 radical (unpaired) electrons. The molecule has 0 saturated carbocycles. The minimum absolute atomic E-state index is 0.149. The van der Waals surface area contributed by atoms with E-state index >= 15 is 0 Å². The average Bonchev–Trinajstić information content (AvgIpc) is 2.65. The van der Waals surface area contributed by atoms with Gasteiger partial charge in [-0.2, -0.15) is 4.98 Å². The molecule has 4 rings (SSSR count). The Balaban J connectivity index is 1.77. The lowest BCUT2D eigenvalue weighted by atomic mass is 9.96. The van der Waals surface area contributed by atoms with E-state index in [0.29, 0.717) is 31.9 Å². The third-order valence-electron chi connectivity index (χ3n) is 5.44. The van der Waals surface area contributed by atoms with Crippen molar-refractivity contribution in [1.29, 1.82) is 0 Å². The first-order valence-corrected chi connectivity index (χ1v) is 9.27. The first-order valence-electron chi connectivity index (χ1n) is 8.90. The zero-order valence-electron chi connectivity index (χ0n) is 15.3. The number of hydrogen-bond acceptors (Lipinski definition) is 6. The standard InChI is InChI=1S/C19H21ClN4O3/c1-11-3-4-14(18(25)26)15(12(11)2)9-23-8-13-10-27-6-5-24(13)17-16(23)7-21-19(20)22-17/h3-4,7,13H,5-6,8-10H2,1-2H3,(H,25,26). The number of carbonyl (C=O) groups is 1. The largest absolute Gasteiger partial charge is 0.478 e. The number of anilines is 2. The third kappa shape index (κ3) is 3.21. The number of carboxylic acids is 1. The van der Waals surface area contributed by atoms with Gasteiger partial charge in [0.05, 0.1) is 36.7 Å². The van der Waals surface area contributed by atoms with Crippen LogP contribution in [-0.4, -0.2) is 53.4 Å². The van der Waals surface area contributed by atoms with Crippen LogP contribution >= 0.6 is 11.6 Å². The number of aryl methyl sites for hydroxylation is 1. The zero-order chi connectivity index (χ0) is 19.1. The summed E-state index contributed by atoms with van der Waals surface area (Å²) in [6.45, 7) is 7.16. The van der Waals surface area contributed by atoms with Crippen LogP contribution in [0.15, 0.2) is 18.3 Å². The highest BCUT2D eigenvalue weighted by Gasteiger charge is 2.35. The molecule has 1 fully saturated rings. The number of rotatable bonds is 3. The van der Waals surface area contributed by atoms with Crippen LogP contribution in [0.3, 0.4) is 0 Å². The molecule has 0 spiro atoms. The van der Waals surface area contributed by atoms with E-state index in [2.05, 4.69) is 19.8 Å². The number of aromatic carboxylic acids is 1. The maximum atomic E-state index is 11.8. The average molecular weight is 389 g/mol. The number of morpholine rings is 1. The molecule has 1 aromatic heterocycles. The van der Waals surface area contributed by atoms with Crippen LogP contribution in [0, 0.1) is 13.8 Å². The molecular weight excluding hydrogens is 368 g/mol. The Morgan fingerprint density at radius 1 is 1.41 bits per heavy atom. The summed E-state index contributed by atoms with van der Waals surface area (Å²) in [5.41, 5.74) is 4.08. The van der Waals surface area contributed by atoms with E-state index in [0.717, 1.165) is 34.7 Å². The predicted molar refractivity (Wildman–Crippen MR) is 103 cm³/mol. The van der Waals surface area contributed by atoms with Crippen LogP contribution in [-0.2, 0) is 11.3 Å². The Kier molecular flexibility index (Phi) is 4.65. The number of halogens is 1. The topological polar surface area (TPSA) is 78.8 Å². The SMILES string of the molecule is Cc1ccc(C(=O)O)c(CN2CC3COCCN3c3nc(Cl)ncc32)c1C. The van der Waals surface area contributed by atoms with E-state index in [1.54, 1.807) is 12.3 Å². The van der Waals surface area contributed by atoms with E-state index in [1.165, 1.54) is 0 Å². The summed E-state index contributed by atoms with van der Waals surface area (Å²) in [4.78, 5) is 24.7. The molecule has 1 saturated heterocycles. The number of ether oxygens (including phenoxy) is 1. The lowest BCUT2D eigenvalue weighted by Crippen LogP contribution is -2.55. The molecule has 7 nitrogen and oxygen atoms in total. The molecule has 2 aliphatic rings. The van der Waals surface area contributed by atoms with Crippen LogP contribution in [0.5, 0.6) is 0 Å². The fourth-order valence-corrected chi connectivity index (χ4v) is 3.97. The highest BCUT2D eigenvalue weighted by Crippen LogP contribution is 2.36. The zero-order valence-corrected chi connectivity index (χ0v) is 16.0. The van der Waals surface area contributed by atoms with Gasteiger partial charge in [0.1, 0.15) is 0 Å². The van der Waals surface area contributed by atoms with Gasteiger partial charge in [0.2, 0.25) is 5.28 Å². The van der Waals surface area contributed by atoms with Crippen molar-refractivity contribution in [2.24, 2.45) is 0 Å². The molecule has 0 amide bonds. The quantitative estimate of drug-likeness (QED) is 0.810. The maximum Gasteiger partial charge on any atom is 0.336 e. The van der Waals surface area contributed by atoms with E-state index in [9.17, 15) is 9.90 Å². The van der Waals surface area contributed by atoms with Crippen molar-refractivity contribution < 1.29 is 14.6 Å². The Morgan fingerprint density at radius 3 is 3.00 bits per heavy atom. The minimum atomic E-state index is -0.916. The van der Waals surface area contributed by atoms with Crippen LogP contribution < -0.4 is 9.80 Å². The fourth-order valence-electron chi connectivity index (χ4n) is 3.84. The Labute approximate surface area is 162 Å². The van der Waals surface area contributed by atoms with Crippen LogP contribution in [0.4, 0.5) is 11.5 Å². The van der Waals surface area contributed by atoms with Gasteiger partial charge in [-0.15, -0.1) is 0 Å². The molecule has 3 heterocycles. The Morgan fingerprint density at radius 2 is 2.22 bits per heavy atom. The van der Waals surface area contributed by atoms with E-state index < -0.39 is 5.97 Å². The van der Waals surface area contributed by atoms with Gasteiger partial charge in [-0.3, -0.25) is 0 Å². The van der Waals surface area contributed by atoms with Gasteiger partial charge in [-0.25, -0.2) is 9.78 Å². The van der Waals surface area contributed by atoms with Gasteiger partial charge in [0.25, 0.3) is 0 Å². The molecule has 2 aliphatic heterocycles. The highest BCUT2D eigenvalue weighted by atomic mass is 35.5. The first-order chi connectivity index (χ1) is 13.0. The molecule has 1 N–H and O–H groups in total. The van der Waals surface area contributed by atoms with Gasteiger partial charge < -0.3 is 19.6 Å². The minimum Gasteiger partial charge on any atom is -0.478 e. The third-order valence-corrected chi connectivity index (χ3v) is 5.62. The number of hydrogen-bond donors (Lipinski definition) is 1. The second-order valence-electron chi connectivity index (χ2n) is 6.99.